The van der Waals surface area contributed by atoms with E-state index in [-0.39, 0.29) is 5.91 Å². The zero-order valence-electron chi connectivity index (χ0n) is 15.8. The largest absolute Gasteiger partial charge is 0.439 e. The van der Waals surface area contributed by atoms with Gasteiger partial charge < -0.3 is 14.8 Å². The van der Waals surface area contributed by atoms with Crippen molar-refractivity contribution in [1.29, 1.82) is 0 Å². The topological polar surface area (TPSA) is 60.5 Å². The van der Waals surface area contributed by atoms with E-state index >= 15 is 0 Å². The highest BCUT2D eigenvalue weighted by Crippen LogP contribution is 2.22. The second-order valence-electron chi connectivity index (χ2n) is 6.52. The molecular weight excluding hydrogens is 328 g/mol. The van der Waals surface area contributed by atoms with E-state index in [4.69, 9.17) is 9.47 Å². The van der Waals surface area contributed by atoms with Crippen LogP contribution in [0.4, 0.5) is 0 Å². The van der Waals surface area contributed by atoms with E-state index in [1.54, 1.807) is 19.2 Å². The molecule has 0 atom stereocenters. The van der Waals surface area contributed by atoms with Gasteiger partial charge in [0.15, 0.2) is 0 Å². The van der Waals surface area contributed by atoms with Crippen LogP contribution in [-0.4, -0.2) is 31.2 Å². The zero-order chi connectivity index (χ0) is 18.8. The number of hydrogen-bond donors (Lipinski definition) is 1. The summed E-state index contributed by atoms with van der Waals surface area (Å²) < 4.78 is 10.7. The molecule has 5 nitrogen and oxygen atoms in total. The van der Waals surface area contributed by atoms with E-state index in [0.717, 1.165) is 31.6 Å². The molecule has 1 heterocycles. The highest BCUT2D eigenvalue weighted by atomic mass is 16.5. The summed E-state index contributed by atoms with van der Waals surface area (Å²) in [6.07, 6.45) is 4.53. The molecule has 1 aromatic carbocycles. The van der Waals surface area contributed by atoms with Crippen LogP contribution in [0.1, 0.15) is 54.9 Å². The number of methoxy groups -OCH3 is 1. The summed E-state index contributed by atoms with van der Waals surface area (Å²) >= 11 is 0. The number of hydrogen-bond acceptors (Lipinski definition) is 4. The third-order valence-corrected chi connectivity index (χ3v) is 4.08. The van der Waals surface area contributed by atoms with Gasteiger partial charge >= 0.3 is 0 Å². The molecule has 0 saturated heterocycles. The van der Waals surface area contributed by atoms with Crippen LogP contribution >= 0.6 is 0 Å². The van der Waals surface area contributed by atoms with Crippen LogP contribution in [0.15, 0.2) is 42.6 Å². The van der Waals surface area contributed by atoms with Crippen LogP contribution in [0.5, 0.6) is 11.6 Å². The number of aromatic nitrogens is 1. The van der Waals surface area contributed by atoms with Gasteiger partial charge in [0.1, 0.15) is 5.75 Å². The average Bonchev–Trinajstić information content (AvgIpc) is 2.65. The fraction of sp³-hybridized carbons (Fsp3) is 0.429. The molecule has 0 aliphatic heterocycles. The molecule has 26 heavy (non-hydrogen) atoms. The summed E-state index contributed by atoms with van der Waals surface area (Å²) in [5.41, 5.74) is 1.80. The summed E-state index contributed by atoms with van der Waals surface area (Å²) in [5.74, 6) is 1.57. The fourth-order valence-corrected chi connectivity index (χ4v) is 2.47. The van der Waals surface area contributed by atoms with Gasteiger partial charge in [-0.1, -0.05) is 26.0 Å². The van der Waals surface area contributed by atoms with Crippen molar-refractivity contribution in [3.63, 3.8) is 0 Å². The quantitative estimate of drug-likeness (QED) is 0.635. The summed E-state index contributed by atoms with van der Waals surface area (Å²) in [5, 5.41) is 2.90. The predicted molar refractivity (Wildman–Crippen MR) is 103 cm³/mol. The van der Waals surface area contributed by atoms with Crippen molar-refractivity contribution in [2.24, 2.45) is 0 Å². The third kappa shape index (κ3) is 6.48. The van der Waals surface area contributed by atoms with Crippen molar-refractivity contribution < 1.29 is 14.3 Å². The molecule has 0 spiro atoms. The summed E-state index contributed by atoms with van der Waals surface area (Å²) in [6.45, 7) is 5.73. The van der Waals surface area contributed by atoms with E-state index in [9.17, 15) is 4.79 Å². The lowest BCUT2D eigenvalue weighted by atomic mass is 10.0. The molecule has 0 aliphatic rings. The molecule has 1 amide bonds. The summed E-state index contributed by atoms with van der Waals surface area (Å²) in [7, 11) is 1.70. The highest BCUT2D eigenvalue weighted by Gasteiger charge is 2.07. The molecule has 0 fully saturated rings. The van der Waals surface area contributed by atoms with E-state index in [0.29, 0.717) is 23.9 Å². The number of unbranched alkanes of at least 4 members (excludes halogenated alkanes) is 2. The van der Waals surface area contributed by atoms with E-state index in [1.165, 1.54) is 11.8 Å². The Balaban J connectivity index is 1.80. The van der Waals surface area contributed by atoms with Gasteiger partial charge in [-0.05, 0) is 48.9 Å². The van der Waals surface area contributed by atoms with E-state index in [2.05, 4.69) is 36.3 Å². The van der Waals surface area contributed by atoms with Crippen molar-refractivity contribution in [2.75, 3.05) is 20.3 Å². The fourth-order valence-electron chi connectivity index (χ4n) is 2.47. The monoisotopic (exact) mass is 356 g/mol. The highest BCUT2D eigenvalue weighted by molar-refractivity contribution is 5.93. The minimum Gasteiger partial charge on any atom is -0.439 e. The Morgan fingerprint density at radius 1 is 1.08 bits per heavy atom. The molecule has 0 saturated carbocycles. The first kappa shape index (κ1) is 19.9. The van der Waals surface area contributed by atoms with Gasteiger partial charge in [0.25, 0.3) is 5.91 Å². The summed E-state index contributed by atoms with van der Waals surface area (Å²) in [6, 6.07) is 11.4. The van der Waals surface area contributed by atoms with Gasteiger partial charge in [-0.2, -0.15) is 0 Å². The normalized spacial score (nSPS) is 10.8. The van der Waals surface area contributed by atoms with Crippen molar-refractivity contribution in [2.45, 2.75) is 39.0 Å². The van der Waals surface area contributed by atoms with E-state index < -0.39 is 0 Å². The standard InChI is InChI=1S/C21H28N2O3/c1-16(2)17-7-10-19(11-8-17)26-20-12-9-18(15-23-20)21(24)22-13-5-4-6-14-25-3/h7-12,15-16H,4-6,13-14H2,1-3H3,(H,22,24). The maximum absolute atomic E-state index is 12.1. The lowest BCUT2D eigenvalue weighted by Crippen LogP contribution is -2.24. The van der Waals surface area contributed by atoms with Gasteiger partial charge in [-0.25, -0.2) is 4.98 Å². The first-order valence-corrected chi connectivity index (χ1v) is 9.11. The maximum atomic E-state index is 12.1. The van der Waals surface area contributed by atoms with Crippen LogP contribution in [0.3, 0.4) is 0 Å². The number of benzene rings is 1. The average molecular weight is 356 g/mol. The molecule has 1 N–H and O–H groups in total. The Hall–Kier alpha value is -2.40. The Kier molecular flexibility index (Phi) is 8.09. The number of carbonyl (C=O) groups excluding carboxylic acids is 1. The Morgan fingerprint density at radius 2 is 1.85 bits per heavy atom. The molecule has 5 heteroatoms. The molecular formula is C21H28N2O3. The van der Waals surface area contributed by atoms with Crippen LogP contribution in [-0.2, 0) is 4.74 Å². The number of nitrogens with one attached hydrogen (secondary N) is 1. The SMILES string of the molecule is COCCCCCNC(=O)c1ccc(Oc2ccc(C(C)C)cc2)nc1. The molecule has 1 aromatic heterocycles. The number of nitrogens with zero attached hydrogens (tertiary/aromatic N) is 1. The van der Waals surface area contributed by atoms with Crippen LogP contribution in [0, 0.1) is 0 Å². The maximum Gasteiger partial charge on any atom is 0.252 e. The Morgan fingerprint density at radius 3 is 2.46 bits per heavy atom. The van der Waals surface area contributed by atoms with Crippen molar-refractivity contribution in [3.8, 4) is 11.6 Å². The molecule has 0 bridgehead atoms. The Labute approximate surface area is 155 Å². The van der Waals surface area contributed by atoms with Gasteiger partial charge in [-0.15, -0.1) is 0 Å². The third-order valence-electron chi connectivity index (χ3n) is 4.08. The summed E-state index contributed by atoms with van der Waals surface area (Å²) in [4.78, 5) is 16.3. The second-order valence-corrected chi connectivity index (χ2v) is 6.52. The number of ether oxygens (including phenoxy) is 2. The van der Waals surface area contributed by atoms with Gasteiger partial charge in [-0.3, -0.25) is 4.79 Å². The molecule has 0 aliphatic carbocycles. The van der Waals surface area contributed by atoms with Crippen LogP contribution in [0.25, 0.3) is 0 Å². The molecule has 2 rings (SSSR count). The molecule has 140 valence electrons. The van der Waals surface area contributed by atoms with Gasteiger partial charge in [0.2, 0.25) is 5.88 Å². The lowest BCUT2D eigenvalue weighted by Gasteiger charge is -2.09. The Bertz CT molecular complexity index is 667. The molecule has 2 aromatic rings. The zero-order valence-corrected chi connectivity index (χ0v) is 15.8. The minimum atomic E-state index is -0.114. The van der Waals surface area contributed by atoms with Crippen molar-refractivity contribution in [1.82, 2.24) is 10.3 Å². The van der Waals surface area contributed by atoms with Crippen molar-refractivity contribution >= 4 is 5.91 Å². The number of pyridine rings is 1. The first-order valence-electron chi connectivity index (χ1n) is 9.11. The molecule has 0 unspecified atom stereocenters. The van der Waals surface area contributed by atoms with Gasteiger partial charge in [0.05, 0.1) is 5.56 Å². The smallest absolute Gasteiger partial charge is 0.252 e. The number of rotatable bonds is 10. The number of carbonyl (C=O) groups is 1. The first-order chi connectivity index (χ1) is 12.6. The molecule has 0 radical (unpaired) electrons. The van der Waals surface area contributed by atoms with E-state index in [1.807, 2.05) is 12.1 Å². The van der Waals surface area contributed by atoms with Gasteiger partial charge in [0, 0.05) is 32.5 Å². The second kappa shape index (κ2) is 10.6. The van der Waals surface area contributed by atoms with Crippen LogP contribution in [0.2, 0.25) is 0 Å². The minimum absolute atomic E-state index is 0.114. The van der Waals surface area contributed by atoms with Crippen LogP contribution < -0.4 is 10.1 Å². The number of amides is 1. The predicted octanol–water partition coefficient (Wildman–Crippen LogP) is 4.54. The lowest BCUT2D eigenvalue weighted by molar-refractivity contribution is 0.0952. The van der Waals surface area contributed by atoms with Crippen molar-refractivity contribution in [3.05, 3.63) is 53.7 Å².